The number of fused-ring (bicyclic) bond motifs is 1. The first kappa shape index (κ1) is 10.9. The van der Waals surface area contributed by atoms with E-state index >= 15 is 0 Å². The van der Waals surface area contributed by atoms with Crippen LogP contribution in [0.4, 0.5) is 0 Å². The average molecular weight is 230 g/mol. The van der Waals surface area contributed by atoms with Gasteiger partial charge in [-0.2, -0.15) is 0 Å². The number of hydrogen-bond donors (Lipinski definition) is 0. The van der Waals surface area contributed by atoms with E-state index in [0.29, 0.717) is 0 Å². The fraction of sp³-hybridized carbons (Fsp3) is 0.0714. The number of rotatable bonds is 1. The minimum absolute atomic E-state index is 0. The number of aliphatic imine (C=N–C) groups is 1. The van der Waals surface area contributed by atoms with Gasteiger partial charge in [-0.05, 0) is 28.3 Å². The molecule has 0 saturated heterocycles. The number of halogens is 1. The van der Waals surface area contributed by atoms with E-state index in [1.165, 1.54) is 22.3 Å². The van der Waals surface area contributed by atoms with Crippen molar-refractivity contribution >= 4 is 18.6 Å². The van der Waals surface area contributed by atoms with Gasteiger partial charge in [0, 0.05) is 6.21 Å². The molecule has 16 heavy (non-hydrogen) atoms. The quantitative estimate of drug-likeness (QED) is 0.707. The predicted octanol–water partition coefficient (Wildman–Crippen LogP) is 3.71. The van der Waals surface area contributed by atoms with E-state index in [1.54, 1.807) is 0 Å². The second-order valence-electron chi connectivity index (χ2n) is 3.75. The van der Waals surface area contributed by atoms with Crippen molar-refractivity contribution in [1.29, 1.82) is 0 Å². The highest BCUT2D eigenvalue weighted by Gasteiger charge is 2.06. The van der Waals surface area contributed by atoms with E-state index in [4.69, 9.17) is 0 Å². The van der Waals surface area contributed by atoms with Crippen molar-refractivity contribution < 1.29 is 0 Å². The van der Waals surface area contributed by atoms with Gasteiger partial charge in [0.1, 0.15) is 0 Å². The van der Waals surface area contributed by atoms with Crippen molar-refractivity contribution in [3.8, 4) is 11.1 Å². The van der Waals surface area contributed by atoms with E-state index in [-0.39, 0.29) is 12.4 Å². The lowest BCUT2D eigenvalue weighted by atomic mass is 10.0. The summed E-state index contributed by atoms with van der Waals surface area (Å²) in [7, 11) is 0. The summed E-state index contributed by atoms with van der Waals surface area (Å²) in [6.07, 6.45) is 1.95. The first-order valence-corrected chi connectivity index (χ1v) is 5.12. The van der Waals surface area contributed by atoms with Gasteiger partial charge in [-0.1, -0.05) is 42.5 Å². The fourth-order valence-electron chi connectivity index (χ4n) is 1.92. The minimum atomic E-state index is 0. The average Bonchev–Trinajstić information content (AvgIpc) is 2.77. The van der Waals surface area contributed by atoms with Gasteiger partial charge < -0.3 is 0 Å². The molecule has 0 N–H and O–H groups in total. The smallest absolute Gasteiger partial charge is 0.0646 e. The maximum absolute atomic E-state index is 4.26. The molecular formula is C14H12ClN. The Morgan fingerprint density at radius 3 is 2.50 bits per heavy atom. The van der Waals surface area contributed by atoms with Crippen LogP contribution in [0.25, 0.3) is 11.1 Å². The van der Waals surface area contributed by atoms with Gasteiger partial charge in [0.2, 0.25) is 0 Å². The van der Waals surface area contributed by atoms with E-state index < -0.39 is 0 Å². The second kappa shape index (κ2) is 4.50. The van der Waals surface area contributed by atoms with Crippen molar-refractivity contribution in [2.75, 3.05) is 0 Å². The standard InChI is InChI=1S/C14H11N.ClH/c1-2-4-11(5-3-1)12-6-7-13-9-15-10-14(13)8-12;/h1-9H,10H2;1H. The number of benzene rings is 2. The highest BCUT2D eigenvalue weighted by atomic mass is 35.5. The minimum Gasteiger partial charge on any atom is -0.288 e. The molecule has 0 atom stereocenters. The molecule has 0 radical (unpaired) electrons. The van der Waals surface area contributed by atoms with Gasteiger partial charge in [-0.3, -0.25) is 4.99 Å². The van der Waals surface area contributed by atoms with Gasteiger partial charge in [-0.15, -0.1) is 12.4 Å². The summed E-state index contributed by atoms with van der Waals surface area (Å²) >= 11 is 0. The van der Waals surface area contributed by atoms with Gasteiger partial charge in [0.25, 0.3) is 0 Å². The van der Waals surface area contributed by atoms with Crippen LogP contribution >= 0.6 is 12.4 Å². The highest BCUT2D eigenvalue weighted by molar-refractivity contribution is 5.86. The molecule has 0 unspecified atom stereocenters. The molecule has 1 nitrogen and oxygen atoms in total. The van der Waals surface area contributed by atoms with Crippen LogP contribution in [-0.4, -0.2) is 6.21 Å². The fourth-order valence-corrected chi connectivity index (χ4v) is 1.92. The first-order valence-electron chi connectivity index (χ1n) is 5.12. The van der Waals surface area contributed by atoms with Gasteiger partial charge in [-0.25, -0.2) is 0 Å². The molecule has 2 heteroatoms. The summed E-state index contributed by atoms with van der Waals surface area (Å²) in [6.45, 7) is 0.829. The van der Waals surface area contributed by atoms with Crippen molar-refractivity contribution in [1.82, 2.24) is 0 Å². The third kappa shape index (κ3) is 1.86. The molecule has 0 aliphatic carbocycles. The summed E-state index contributed by atoms with van der Waals surface area (Å²) in [5, 5.41) is 0. The molecule has 80 valence electrons. The zero-order valence-corrected chi connectivity index (χ0v) is 9.58. The molecular weight excluding hydrogens is 218 g/mol. The summed E-state index contributed by atoms with van der Waals surface area (Å²) in [5.74, 6) is 0. The van der Waals surface area contributed by atoms with Crippen LogP contribution in [0.15, 0.2) is 53.5 Å². The summed E-state index contributed by atoms with van der Waals surface area (Å²) in [6, 6.07) is 17.0. The third-order valence-corrected chi connectivity index (χ3v) is 2.74. The lowest BCUT2D eigenvalue weighted by Crippen LogP contribution is -1.85. The SMILES string of the molecule is C1=NCc2cc(-c3ccccc3)ccc21.Cl. The van der Waals surface area contributed by atoms with Crippen LogP contribution < -0.4 is 0 Å². The van der Waals surface area contributed by atoms with Gasteiger partial charge in [0.05, 0.1) is 6.54 Å². The van der Waals surface area contributed by atoms with E-state index in [9.17, 15) is 0 Å². The molecule has 0 spiro atoms. The Bertz CT molecular complexity index is 518. The summed E-state index contributed by atoms with van der Waals surface area (Å²) in [5.41, 5.74) is 5.14. The highest BCUT2D eigenvalue weighted by Crippen LogP contribution is 2.24. The Kier molecular flexibility index (Phi) is 3.07. The Labute approximate surface area is 101 Å². The largest absolute Gasteiger partial charge is 0.288 e. The molecule has 2 aromatic carbocycles. The molecule has 1 aliphatic heterocycles. The van der Waals surface area contributed by atoms with E-state index in [2.05, 4.69) is 47.5 Å². The van der Waals surface area contributed by atoms with Gasteiger partial charge >= 0.3 is 0 Å². The normalized spacial score (nSPS) is 12.0. The van der Waals surface area contributed by atoms with Crippen molar-refractivity contribution in [3.63, 3.8) is 0 Å². The topological polar surface area (TPSA) is 12.4 Å². The lowest BCUT2D eigenvalue weighted by molar-refractivity contribution is 1.11. The molecule has 1 heterocycles. The molecule has 0 aromatic heterocycles. The van der Waals surface area contributed by atoms with Gasteiger partial charge in [0.15, 0.2) is 0 Å². The molecule has 3 rings (SSSR count). The van der Waals surface area contributed by atoms with Crippen LogP contribution in [0.5, 0.6) is 0 Å². The first-order chi connectivity index (χ1) is 7.43. The number of nitrogens with zero attached hydrogens (tertiary/aromatic N) is 1. The summed E-state index contributed by atoms with van der Waals surface area (Å²) < 4.78 is 0. The molecule has 0 fully saturated rings. The Morgan fingerprint density at radius 2 is 1.69 bits per heavy atom. The monoisotopic (exact) mass is 229 g/mol. The second-order valence-corrected chi connectivity index (χ2v) is 3.75. The maximum atomic E-state index is 4.26. The molecule has 1 aliphatic rings. The number of hydrogen-bond acceptors (Lipinski definition) is 1. The Morgan fingerprint density at radius 1 is 0.875 bits per heavy atom. The molecule has 2 aromatic rings. The van der Waals surface area contributed by atoms with Crippen LogP contribution in [0, 0.1) is 0 Å². The van der Waals surface area contributed by atoms with E-state index in [1.807, 2.05) is 12.3 Å². The zero-order valence-electron chi connectivity index (χ0n) is 8.76. The van der Waals surface area contributed by atoms with Crippen molar-refractivity contribution in [3.05, 3.63) is 59.7 Å². The van der Waals surface area contributed by atoms with E-state index in [0.717, 1.165) is 6.54 Å². The zero-order chi connectivity index (χ0) is 10.1. The maximum Gasteiger partial charge on any atom is 0.0646 e. The Balaban J connectivity index is 0.000000963. The predicted molar refractivity (Wildman–Crippen MR) is 70.4 cm³/mol. The summed E-state index contributed by atoms with van der Waals surface area (Å²) in [4.78, 5) is 4.26. The third-order valence-electron chi connectivity index (χ3n) is 2.74. The van der Waals surface area contributed by atoms with Crippen molar-refractivity contribution in [2.24, 2.45) is 4.99 Å². The molecule has 0 saturated carbocycles. The lowest BCUT2D eigenvalue weighted by Gasteiger charge is -2.03. The van der Waals surface area contributed by atoms with Crippen LogP contribution in [-0.2, 0) is 6.54 Å². The van der Waals surface area contributed by atoms with Crippen LogP contribution in [0.2, 0.25) is 0 Å². The van der Waals surface area contributed by atoms with Crippen molar-refractivity contribution in [2.45, 2.75) is 6.54 Å². The van der Waals surface area contributed by atoms with Crippen LogP contribution in [0.3, 0.4) is 0 Å². The Hall–Kier alpha value is -1.60. The van der Waals surface area contributed by atoms with Crippen LogP contribution in [0.1, 0.15) is 11.1 Å². The molecule has 0 amide bonds. The molecule has 0 bridgehead atoms.